The number of nitrogens with zero attached hydrogens (tertiary/aromatic N) is 2. The summed E-state index contributed by atoms with van der Waals surface area (Å²) in [5.41, 5.74) is 3.69. The van der Waals surface area contributed by atoms with E-state index in [0.29, 0.717) is 5.92 Å². The molecule has 132 valence electrons. The molecule has 0 saturated heterocycles. The molecule has 0 aliphatic heterocycles. The van der Waals surface area contributed by atoms with Crippen molar-refractivity contribution in [2.75, 3.05) is 13.6 Å². The summed E-state index contributed by atoms with van der Waals surface area (Å²) in [6.45, 7) is 8.07. The topological polar surface area (TPSA) is 49.3 Å². The SMILES string of the molecule is CN=C(NCCc1csc(C(C)C)n1)NCc1cccc(C)c1.I. The average molecular weight is 458 g/mol. The fraction of sp³-hybridized carbons (Fsp3) is 0.444. The van der Waals surface area contributed by atoms with Gasteiger partial charge >= 0.3 is 0 Å². The quantitative estimate of drug-likeness (QED) is 0.389. The molecule has 4 nitrogen and oxygen atoms in total. The Kier molecular flexibility index (Phi) is 9.28. The van der Waals surface area contributed by atoms with Crippen LogP contribution >= 0.6 is 35.3 Å². The van der Waals surface area contributed by atoms with E-state index in [0.717, 1.165) is 31.2 Å². The van der Waals surface area contributed by atoms with E-state index < -0.39 is 0 Å². The van der Waals surface area contributed by atoms with Gasteiger partial charge in [0, 0.05) is 37.9 Å². The minimum absolute atomic E-state index is 0. The number of halogens is 1. The number of rotatable bonds is 6. The molecule has 0 amide bonds. The summed E-state index contributed by atoms with van der Waals surface area (Å²) in [5, 5.41) is 10.1. The van der Waals surface area contributed by atoms with Crippen LogP contribution in [0.1, 0.15) is 41.6 Å². The highest BCUT2D eigenvalue weighted by atomic mass is 127. The fourth-order valence-electron chi connectivity index (χ4n) is 2.24. The van der Waals surface area contributed by atoms with Gasteiger partial charge < -0.3 is 10.6 Å². The van der Waals surface area contributed by atoms with Crippen molar-refractivity contribution in [1.82, 2.24) is 15.6 Å². The summed E-state index contributed by atoms with van der Waals surface area (Å²) < 4.78 is 0. The predicted octanol–water partition coefficient (Wildman–Crippen LogP) is 4.10. The number of aromatic nitrogens is 1. The third kappa shape index (κ3) is 6.76. The summed E-state index contributed by atoms with van der Waals surface area (Å²) in [6.07, 6.45) is 0.911. The number of hydrogen-bond donors (Lipinski definition) is 2. The molecule has 1 aromatic heterocycles. The lowest BCUT2D eigenvalue weighted by atomic mass is 10.1. The van der Waals surface area contributed by atoms with E-state index in [1.54, 1.807) is 18.4 Å². The molecule has 0 unspecified atom stereocenters. The van der Waals surface area contributed by atoms with Crippen molar-refractivity contribution < 1.29 is 0 Å². The monoisotopic (exact) mass is 458 g/mol. The Labute approximate surface area is 166 Å². The largest absolute Gasteiger partial charge is 0.356 e. The predicted molar refractivity (Wildman–Crippen MR) is 115 cm³/mol. The number of hydrogen-bond acceptors (Lipinski definition) is 3. The zero-order valence-corrected chi connectivity index (χ0v) is 17.9. The van der Waals surface area contributed by atoms with Gasteiger partial charge in [0.1, 0.15) is 0 Å². The first-order chi connectivity index (χ1) is 11.1. The third-order valence-electron chi connectivity index (χ3n) is 3.50. The molecule has 0 spiro atoms. The van der Waals surface area contributed by atoms with Gasteiger partial charge in [0.2, 0.25) is 0 Å². The molecule has 1 heterocycles. The summed E-state index contributed by atoms with van der Waals surface area (Å²) >= 11 is 1.75. The van der Waals surface area contributed by atoms with Crippen LogP contribution in [0.3, 0.4) is 0 Å². The zero-order chi connectivity index (χ0) is 16.7. The van der Waals surface area contributed by atoms with Crippen molar-refractivity contribution in [3.05, 3.63) is 51.5 Å². The first-order valence-corrected chi connectivity index (χ1v) is 8.91. The molecule has 0 aliphatic carbocycles. The summed E-state index contributed by atoms with van der Waals surface area (Å²) in [4.78, 5) is 8.92. The molecule has 2 aromatic rings. The van der Waals surface area contributed by atoms with Crippen molar-refractivity contribution in [2.45, 2.75) is 39.7 Å². The maximum atomic E-state index is 4.65. The molecule has 2 rings (SSSR count). The van der Waals surface area contributed by atoms with Crippen LogP contribution in [-0.2, 0) is 13.0 Å². The normalized spacial score (nSPS) is 11.3. The lowest BCUT2D eigenvalue weighted by molar-refractivity contribution is 0.777. The van der Waals surface area contributed by atoms with Crippen molar-refractivity contribution >= 4 is 41.3 Å². The van der Waals surface area contributed by atoms with Gasteiger partial charge in [0.05, 0.1) is 10.7 Å². The smallest absolute Gasteiger partial charge is 0.191 e. The average Bonchev–Trinajstić information content (AvgIpc) is 3.00. The van der Waals surface area contributed by atoms with Crippen LogP contribution in [0.5, 0.6) is 0 Å². The van der Waals surface area contributed by atoms with Gasteiger partial charge in [-0.2, -0.15) is 0 Å². The van der Waals surface area contributed by atoms with E-state index in [1.165, 1.54) is 16.1 Å². The van der Waals surface area contributed by atoms with Gasteiger partial charge in [0.15, 0.2) is 5.96 Å². The summed E-state index contributed by atoms with van der Waals surface area (Å²) in [6, 6.07) is 8.49. The highest BCUT2D eigenvalue weighted by Crippen LogP contribution is 2.19. The van der Waals surface area contributed by atoms with Gasteiger partial charge in [-0.25, -0.2) is 4.98 Å². The van der Waals surface area contributed by atoms with Crippen LogP contribution in [0.15, 0.2) is 34.6 Å². The second-order valence-electron chi connectivity index (χ2n) is 5.92. The molecular weight excluding hydrogens is 431 g/mol. The Balaban J connectivity index is 0.00000288. The second kappa shape index (κ2) is 10.7. The molecule has 0 aliphatic rings. The fourth-order valence-corrected chi connectivity index (χ4v) is 3.11. The molecule has 6 heteroatoms. The van der Waals surface area contributed by atoms with Crippen molar-refractivity contribution in [2.24, 2.45) is 4.99 Å². The molecular formula is C18H27IN4S. The molecule has 24 heavy (non-hydrogen) atoms. The molecule has 0 fully saturated rings. The van der Waals surface area contributed by atoms with Gasteiger partial charge in [0.25, 0.3) is 0 Å². The van der Waals surface area contributed by atoms with Crippen LogP contribution in [0, 0.1) is 6.92 Å². The van der Waals surface area contributed by atoms with Gasteiger partial charge in [-0.05, 0) is 12.5 Å². The standard InChI is InChI=1S/C18H26N4S.HI/c1-13(2)17-22-16(12-23-17)8-9-20-18(19-4)21-11-15-7-5-6-14(3)10-15;/h5-7,10,12-13H,8-9,11H2,1-4H3,(H2,19,20,21);1H. The zero-order valence-electron chi connectivity index (χ0n) is 14.8. The first-order valence-electron chi connectivity index (χ1n) is 8.03. The summed E-state index contributed by atoms with van der Waals surface area (Å²) in [5.74, 6) is 1.33. The van der Waals surface area contributed by atoms with Crippen LogP contribution in [0.25, 0.3) is 0 Å². The highest BCUT2D eigenvalue weighted by molar-refractivity contribution is 14.0. The van der Waals surface area contributed by atoms with E-state index in [9.17, 15) is 0 Å². The molecule has 2 N–H and O–H groups in total. The van der Waals surface area contributed by atoms with Crippen LogP contribution < -0.4 is 10.6 Å². The summed E-state index contributed by atoms with van der Waals surface area (Å²) in [7, 11) is 1.80. The van der Waals surface area contributed by atoms with Gasteiger partial charge in [-0.15, -0.1) is 35.3 Å². The van der Waals surface area contributed by atoms with E-state index in [-0.39, 0.29) is 24.0 Å². The number of benzene rings is 1. The van der Waals surface area contributed by atoms with Crippen LogP contribution in [0.2, 0.25) is 0 Å². The number of nitrogens with one attached hydrogen (secondary N) is 2. The maximum absolute atomic E-state index is 4.65. The Morgan fingerprint density at radius 1 is 1.29 bits per heavy atom. The molecule has 1 aromatic carbocycles. The van der Waals surface area contributed by atoms with E-state index in [2.05, 4.69) is 71.0 Å². The Hall–Kier alpha value is -1.15. The number of thiazole rings is 1. The first kappa shape index (κ1) is 20.9. The lowest BCUT2D eigenvalue weighted by Gasteiger charge is -2.11. The van der Waals surface area contributed by atoms with Crippen molar-refractivity contribution in [3.63, 3.8) is 0 Å². The van der Waals surface area contributed by atoms with Gasteiger partial charge in [-0.1, -0.05) is 43.7 Å². The van der Waals surface area contributed by atoms with Crippen molar-refractivity contribution in [1.29, 1.82) is 0 Å². The van der Waals surface area contributed by atoms with Crippen LogP contribution in [0.4, 0.5) is 0 Å². The lowest BCUT2D eigenvalue weighted by Crippen LogP contribution is -2.37. The molecule has 0 atom stereocenters. The third-order valence-corrected chi connectivity index (χ3v) is 4.70. The second-order valence-corrected chi connectivity index (χ2v) is 6.81. The Morgan fingerprint density at radius 3 is 2.71 bits per heavy atom. The number of aliphatic imine (C=N–C) groups is 1. The molecule has 0 saturated carbocycles. The highest BCUT2D eigenvalue weighted by Gasteiger charge is 2.06. The van der Waals surface area contributed by atoms with E-state index in [4.69, 9.17) is 0 Å². The molecule has 0 radical (unpaired) electrons. The Bertz CT molecular complexity index is 652. The molecule has 0 bridgehead atoms. The minimum Gasteiger partial charge on any atom is -0.356 e. The van der Waals surface area contributed by atoms with Crippen LogP contribution in [-0.4, -0.2) is 24.5 Å². The van der Waals surface area contributed by atoms with E-state index >= 15 is 0 Å². The number of guanidine groups is 1. The van der Waals surface area contributed by atoms with Gasteiger partial charge in [-0.3, -0.25) is 4.99 Å². The Morgan fingerprint density at radius 2 is 2.08 bits per heavy atom. The maximum Gasteiger partial charge on any atom is 0.191 e. The van der Waals surface area contributed by atoms with E-state index in [1.807, 2.05) is 0 Å². The van der Waals surface area contributed by atoms with Crippen molar-refractivity contribution in [3.8, 4) is 0 Å². The minimum atomic E-state index is 0. The number of aryl methyl sites for hydroxylation is 1.